The molecular formula is C16H21ClN2O. The second-order valence-corrected chi connectivity index (χ2v) is 5.15. The molecule has 2 rings (SSSR count). The van der Waals surface area contributed by atoms with Gasteiger partial charge in [-0.3, -0.25) is 0 Å². The minimum Gasteiger partial charge on any atom is -0.497 e. The van der Waals surface area contributed by atoms with Gasteiger partial charge in [-0.15, -0.1) is 11.6 Å². The average molecular weight is 293 g/mol. The van der Waals surface area contributed by atoms with Crippen molar-refractivity contribution in [3.63, 3.8) is 0 Å². The van der Waals surface area contributed by atoms with E-state index in [1.165, 1.54) is 12.8 Å². The van der Waals surface area contributed by atoms with Gasteiger partial charge in [0.1, 0.15) is 11.6 Å². The van der Waals surface area contributed by atoms with Gasteiger partial charge in [0.15, 0.2) is 0 Å². The normalized spacial score (nSPS) is 10.7. The van der Waals surface area contributed by atoms with Crippen LogP contribution in [0.2, 0.25) is 0 Å². The monoisotopic (exact) mass is 292 g/mol. The summed E-state index contributed by atoms with van der Waals surface area (Å²) < 4.78 is 5.25. The summed E-state index contributed by atoms with van der Waals surface area (Å²) in [5, 5.41) is 5.69. The summed E-state index contributed by atoms with van der Waals surface area (Å²) in [5.74, 6) is 2.58. The number of anilines is 1. The number of methoxy groups -OCH3 is 1. The standard InChI is InChI=1S/C16H21ClN2O/c1-20-14-6-7-15-13(12-14)8-11-19-16(15)18-10-5-3-2-4-9-17/h6-8,11-12H,2-5,9-10H2,1H3,(H,18,19). The van der Waals surface area contributed by atoms with Crippen LogP contribution < -0.4 is 10.1 Å². The molecule has 0 atom stereocenters. The lowest BCUT2D eigenvalue weighted by Crippen LogP contribution is -2.03. The van der Waals surface area contributed by atoms with E-state index in [4.69, 9.17) is 16.3 Å². The zero-order valence-electron chi connectivity index (χ0n) is 11.9. The highest BCUT2D eigenvalue weighted by Gasteiger charge is 2.03. The maximum atomic E-state index is 5.66. The number of benzene rings is 1. The number of nitrogens with one attached hydrogen (secondary N) is 1. The van der Waals surface area contributed by atoms with Gasteiger partial charge in [0.05, 0.1) is 7.11 Å². The van der Waals surface area contributed by atoms with Crippen LogP contribution in [0.3, 0.4) is 0 Å². The minimum absolute atomic E-state index is 0.764. The number of hydrogen-bond donors (Lipinski definition) is 1. The second kappa shape index (κ2) is 7.95. The molecule has 0 aliphatic heterocycles. The Morgan fingerprint density at radius 2 is 2.00 bits per heavy atom. The first-order valence-corrected chi connectivity index (χ1v) is 7.61. The number of alkyl halides is 1. The Hall–Kier alpha value is -1.48. The predicted octanol–water partition coefficient (Wildman–Crippen LogP) is 4.45. The molecule has 0 unspecified atom stereocenters. The molecule has 20 heavy (non-hydrogen) atoms. The molecule has 108 valence electrons. The lowest BCUT2D eigenvalue weighted by Gasteiger charge is -2.09. The molecule has 0 fully saturated rings. The van der Waals surface area contributed by atoms with Crippen LogP contribution in [-0.2, 0) is 0 Å². The van der Waals surface area contributed by atoms with E-state index in [0.717, 1.165) is 47.6 Å². The Morgan fingerprint density at radius 3 is 2.80 bits per heavy atom. The molecule has 2 aromatic rings. The Labute approximate surface area is 125 Å². The first-order valence-electron chi connectivity index (χ1n) is 7.08. The summed E-state index contributed by atoms with van der Waals surface area (Å²) in [4.78, 5) is 4.42. The molecule has 4 heteroatoms. The van der Waals surface area contributed by atoms with Gasteiger partial charge in [0.2, 0.25) is 0 Å². The number of pyridine rings is 1. The van der Waals surface area contributed by atoms with Crippen molar-refractivity contribution in [3.8, 4) is 5.75 Å². The van der Waals surface area contributed by atoms with Crippen LogP contribution in [0.1, 0.15) is 25.7 Å². The van der Waals surface area contributed by atoms with Crippen molar-refractivity contribution in [3.05, 3.63) is 30.5 Å². The molecule has 0 aliphatic rings. The van der Waals surface area contributed by atoms with Crippen molar-refractivity contribution < 1.29 is 4.74 Å². The van der Waals surface area contributed by atoms with Crippen LogP contribution in [0.15, 0.2) is 30.5 Å². The van der Waals surface area contributed by atoms with Crippen LogP contribution in [0.4, 0.5) is 5.82 Å². The van der Waals surface area contributed by atoms with Crippen LogP contribution in [0, 0.1) is 0 Å². The van der Waals surface area contributed by atoms with Gasteiger partial charge in [-0.25, -0.2) is 4.98 Å². The Morgan fingerprint density at radius 1 is 1.15 bits per heavy atom. The molecular weight excluding hydrogens is 272 g/mol. The summed E-state index contributed by atoms with van der Waals surface area (Å²) in [6.45, 7) is 0.945. The molecule has 0 spiro atoms. The molecule has 1 aromatic carbocycles. The maximum Gasteiger partial charge on any atom is 0.133 e. The number of nitrogens with zero attached hydrogens (tertiary/aromatic N) is 1. The first kappa shape index (κ1) is 14.9. The van der Waals surface area contributed by atoms with Crippen LogP contribution >= 0.6 is 11.6 Å². The molecule has 0 radical (unpaired) electrons. The van der Waals surface area contributed by atoms with E-state index in [-0.39, 0.29) is 0 Å². The van der Waals surface area contributed by atoms with Crippen LogP contribution in [0.5, 0.6) is 5.75 Å². The summed E-state index contributed by atoms with van der Waals surface area (Å²) in [5.41, 5.74) is 0. The number of fused-ring (bicyclic) bond motifs is 1. The highest BCUT2D eigenvalue weighted by molar-refractivity contribution is 6.17. The zero-order valence-corrected chi connectivity index (χ0v) is 12.6. The van der Waals surface area contributed by atoms with Gasteiger partial charge in [-0.05, 0) is 42.5 Å². The quantitative estimate of drug-likeness (QED) is 0.576. The summed E-state index contributed by atoms with van der Waals surface area (Å²) in [7, 11) is 1.68. The van der Waals surface area contributed by atoms with E-state index in [9.17, 15) is 0 Å². The van der Waals surface area contributed by atoms with Crippen molar-refractivity contribution in [2.24, 2.45) is 0 Å². The number of halogens is 1. The fourth-order valence-corrected chi connectivity index (χ4v) is 2.39. The third-order valence-corrected chi connectivity index (χ3v) is 3.59. The van der Waals surface area contributed by atoms with Gasteiger partial charge in [0.25, 0.3) is 0 Å². The van der Waals surface area contributed by atoms with Crippen molar-refractivity contribution in [1.82, 2.24) is 4.98 Å². The second-order valence-electron chi connectivity index (χ2n) is 4.78. The molecule has 0 aliphatic carbocycles. The number of rotatable bonds is 8. The zero-order chi connectivity index (χ0) is 14.2. The lowest BCUT2D eigenvalue weighted by molar-refractivity contribution is 0.415. The fraction of sp³-hybridized carbons (Fsp3) is 0.438. The van der Waals surface area contributed by atoms with E-state index >= 15 is 0 Å². The summed E-state index contributed by atoms with van der Waals surface area (Å²) in [6.07, 6.45) is 6.49. The SMILES string of the molecule is COc1ccc2c(NCCCCCCCl)nccc2c1. The van der Waals surface area contributed by atoms with Crippen LogP contribution in [0.25, 0.3) is 10.8 Å². The molecule has 1 heterocycles. The summed E-state index contributed by atoms with van der Waals surface area (Å²) >= 11 is 5.66. The Kier molecular flexibility index (Phi) is 5.93. The van der Waals surface area contributed by atoms with Gasteiger partial charge in [0, 0.05) is 24.0 Å². The van der Waals surface area contributed by atoms with E-state index in [2.05, 4.69) is 16.4 Å². The smallest absolute Gasteiger partial charge is 0.133 e. The molecule has 0 saturated carbocycles. The highest BCUT2D eigenvalue weighted by atomic mass is 35.5. The molecule has 0 saturated heterocycles. The Bertz CT molecular complexity index is 545. The average Bonchev–Trinajstić information content (AvgIpc) is 2.50. The van der Waals surface area contributed by atoms with Gasteiger partial charge < -0.3 is 10.1 Å². The number of unbranched alkanes of at least 4 members (excludes halogenated alkanes) is 3. The van der Waals surface area contributed by atoms with E-state index < -0.39 is 0 Å². The fourth-order valence-electron chi connectivity index (χ4n) is 2.20. The molecule has 1 N–H and O–H groups in total. The molecule has 1 aromatic heterocycles. The number of aromatic nitrogens is 1. The maximum absolute atomic E-state index is 5.66. The van der Waals surface area contributed by atoms with Gasteiger partial charge in [-0.1, -0.05) is 12.8 Å². The molecule has 0 bridgehead atoms. The molecule has 3 nitrogen and oxygen atoms in total. The van der Waals surface area contributed by atoms with Crippen molar-refractivity contribution >= 4 is 28.2 Å². The number of hydrogen-bond acceptors (Lipinski definition) is 3. The highest BCUT2D eigenvalue weighted by Crippen LogP contribution is 2.25. The van der Waals surface area contributed by atoms with Gasteiger partial charge in [-0.2, -0.15) is 0 Å². The van der Waals surface area contributed by atoms with E-state index in [1.807, 2.05) is 24.4 Å². The van der Waals surface area contributed by atoms with E-state index in [1.54, 1.807) is 7.11 Å². The van der Waals surface area contributed by atoms with Gasteiger partial charge >= 0.3 is 0 Å². The summed E-state index contributed by atoms with van der Waals surface area (Å²) in [6, 6.07) is 8.05. The first-order chi connectivity index (χ1) is 9.85. The minimum atomic E-state index is 0.764. The number of ether oxygens (including phenoxy) is 1. The Balaban J connectivity index is 1.96. The molecule has 0 amide bonds. The van der Waals surface area contributed by atoms with Crippen molar-refractivity contribution in [1.29, 1.82) is 0 Å². The largest absolute Gasteiger partial charge is 0.497 e. The predicted molar refractivity (Wildman–Crippen MR) is 86.0 cm³/mol. The van der Waals surface area contributed by atoms with Crippen molar-refractivity contribution in [2.75, 3.05) is 24.9 Å². The topological polar surface area (TPSA) is 34.1 Å². The van der Waals surface area contributed by atoms with Crippen LogP contribution in [-0.4, -0.2) is 24.5 Å². The lowest BCUT2D eigenvalue weighted by atomic mass is 10.1. The van der Waals surface area contributed by atoms with Crippen molar-refractivity contribution in [2.45, 2.75) is 25.7 Å². The third kappa shape index (κ3) is 4.01. The third-order valence-electron chi connectivity index (χ3n) is 3.32. The van der Waals surface area contributed by atoms with E-state index in [0.29, 0.717) is 0 Å².